The molecule has 0 aliphatic carbocycles. The van der Waals surface area contributed by atoms with E-state index in [-0.39, 0.29) is 24.2 Å². The third-order valence-corrected chi connectivity index (χ3v) is 3.84. The standard InChI is InChI=1S/C19H22FNO2/c1-3-18(15-8-11-16(23-2)12-9-15)21-19(22)13-10-14-6-4-5-7-17(14)20/h4-9,11-12,18H,3,10,13H2,1-2H3,(H,21,22). The highest BCUT2D eigenvalue weighted by Gasteiger charge is 2.13. The fourth-order valence-corrected chi connectivity index (χ4v) is 2.47. The number of methoxy groups -OCH3 is 1. The Morgan fingerprint density at radius 1 is 1.17 bits per heavy atom. The summed E-state index contributed by atoms with van der Waals surface area (Å²) in [5.41, 5.74) is 1.60. The topological polar surface area (TPSA) is 38.3 Å². The van der Waals surface area contributed by atoms with Crippen LogP contribution in [0.3, 0.4) is 0 Å². The normalized spacial score (nSPS) is 11.8. The van der Waals surface area contributed by atoms with Crippen molar-refractivity contribution in [2.24, 2.45) is 0 Å². The molecule has 23 heavy (non-hydrogen) atoms. The van der Waals surface area contributed by atoms with Crippen LogP contribution >= 0.6 is 0 Å². The van der Waals surface area contributed by atoms with E-state index in [4.69, 9.17) is 4.74 Å². The van der Waals surface area contributed by atoms with Gasteiger partial charge >= 0.3 is 0 Å². The summed E-state index contributed by atoms with van der Waals surface area (Å²) >= 11 is 0. The average molecular weight is 315 g/mol. The monoisotopic (exact) mass is 315 g/mol. The molecule has 1 atom stereocenters. The van der Waals surface area contributed by atoms with E-state index in [0.29, 0.717) is 12.0 Å². The molecule has 0 radical (unpaired) electrons. The van der Waals surface area contributed by atoms with Gasteiger partial charge in [0, 0.05) is 6.42 Å². The summed E-state index contributed by atoms with van der Waals surface area (Å²) < 4.78 is 18.7. The smallest absolute Gasteiger partial charge is 0.220 e. The molecule has 0 heterocycles. The second-order valence-electron chi connectivity index (χ2n) is 5.39. The second kappa shape index (κ2) is 8.32. The summed E-state index contributed by atoms with van der Waals surface area (Å²) in [6, 6.07) is 14.2. The number of rotatable bonds is 7. The fraction of sp³-hybridized carbons (Fsp3) is 0.316. The molecule has 2 aromatic rings. The number of hydrogen-bond acceptors (Lipinski definition) is 2. The first-order chi connectivity index (χ1) is 11.1. The van der Waals surface area contributed by atoms with E-state index in [0.717, 1.165) is 17.7 Å². The van der Waals surface area contributed by atoms with Gasteiger partial charge in [0.2, 0.25) is 5.91 Å². The molecule has 0 saturated heterocycles. The van der Waals surface area contributed by atoms with Gasteiger partial charge in [-0.3, -0.25) is 4.79 Å². The number of hydrogen-bond donors (Lipinski definition) is 1. The highest BCUT2D eigenvalue weighted by atomic mass is 19.1. The quantitative estimate of drug-likeness (QED) is 0.837. The number of aryl methyl sites for hydroxylation is 1. The van der Waals surface area contributed by atoms with Crippen LogP contribution in [0.5, 0.6) is 5.75 Å². The molecule has 2 aromatic carbocycles. The van der Waals surface area contributed by atoms with Gasteiger partial charge in [0.05, 0.1) is 13.2 Å². The zero-order chi connectivity index (χ0) is 16.7. The summed E-state index contributed by atoms with van der Waals surface area (Å²) in [4.78, 5) is 12.1. The minimum atomic E-state index is -0.262. The fourth-order valence-electron chi connectivity index (χ4n) is 2.47. The third kappa shape index (κ3) is 4.81. The van der Waals surface area contributed by atoms with Crippen LogP contribution in [0, 0.1) is 5.82 Å². The number of carbonyl (C=O) groups is 1. The van der Waals surface area contributed by atoms with Crippen molar-refractivity contribution in [1.29, 1.82) is 0 Å². The Labute approximate surface area is 136 Å². The predicted octanol–water partition coefficient (Wildman–Crippen LogP) is 4.03. The van der Waals surface area contributed by atoms with Gasteiger partial charge in [-0.25, -0.2) is 4.39 Å². The molecule has 1 amide bonds. The van der Waals surface area contributed by atoms with Gasteiger partial charge in [-0.15, -0.1) is 0 Å². The highest BCUT2D eigenvalue weighted by Crippen LogP contribution is 2.20. The van der Waals surface area contributed by atoms with Crippen LogP contribution in [0.2, 0.25) is 0 Å². The summed E-state index contributed by atoms with van der Waals surface area (Å²) in [6.45, 7) is 2.02. The van der Waals surface area contributed by atoms with Gasteiger partial charge in [0.25, 0.3) is 0 Å². The van der Waals surface area contributed by atoms with Gasteiger partial charge in [0.15, 0.2) is 0 Å². The van der Waals surface area contributed by atoms with E-state index < -0.39 is 0 Å². The van der Waals surface area contributed by atoms with Crippen molar-refractivity contribution < 1.29 is 13.9 Å². The third-order valence-electron chi connectivity index (χ3n) is 3.84. The number of carbonyl (C=O) groups excluding carboxylic acids is 1. The van der Waals surface area contributed by atoms with E-state index in [1.165, 1.54) is 6.07 Å². The van der Waals surface area contributed by atoms with Crippen LogP contribution in [0.15, 0.2) is 48.5 Å². The van der Waals surface area contributed by atoms with E-state index in [2.05, 4.69) is 5.32 Å². The van der Waals surface area contributed by atoms with Crippen molar-refractivity contribution in [1.82, 2.24) is 5.32 Å². The zero-order valence-corrected chi connectivity index (χ0v) is 13.5. The maximum atomic E-state index is 13.6. The van der Waals surface area contributed by atoms with Crippen LogP contribution in [0.1, 0.15) is 36.9 Å². The molecule has 122 valence electrons. The Morgan fingerprint density at radius 3 is 2.48 bits per heavy atom. The summed E-state index contributed by atoms with van der Waals surface area (Å²) in [5.74, 6) is 0.452. The van der Waals surface area contributed by atoms with E-state index in [1.807, 2.05) is 31.2 Å². The van der Waals surface area contributed by atoms with Crippen molar-refractivity contribution in [2.75, 3.05) is 7.11 Å². The predicted molar refractivity (Wildman–Crippen MR) is 88.9 cm³/mol. The molecule has 0 saturated carbocycles. The van der Waals surface area contributed by atoms with Crippen molar-refractivity contribution >= 4 is 5.91 Å². The Bertz CT molecular complexity index is 640. The summed E-state index contributed by atoms with van der Waals surface area (Å²) in [6.07, 6.45) is 1.46. The van der Waals surface area contributed by atoms with Crippen LogP contribution in [-0.2, 0) is 11.2 Å². The van der Waals surface area contributed by atoms with Crippen LogP contribution in [0.4, 0.5) is 4.39 Å². The molecule has 0 aliphatic rings. The minimum Gasteiger partial charge on any atom is -0.497 e. The Hall–Kier alpha value is -2.36. The van der Waals surface area contributed by atoms with Crippen LogP contribution < -0.4 is 10.1 Å². The van der Waals surface area contributed by atoms with Crippen molar-refractivity contribution in [3.05, 3.63) is 65.5 Å². The van der Waals surface area contributed by atoms with Gasteiger partial charge in [-0.2, -0.15) is 0 Å². The second-order valence-corrected chi connectivity index (χ2v) is 5.39. The Balaban J connectivity index is 1.92. The molecule has 1 N–H and O–H groups in total. The van der Waals surface area contributed by atoms with Gasteiger partial charge in [-0.05, 0) is 42.2 Å². The van der Waals surface area contributed by atoms with E-state index in [9.17, 15) is 9.18 Å². The molecule has 2 rings (SSSR count). The maximum Gasteiger partial charge on any atom is 0.220 e. The Morgan fingerprint density at radius 2 is 1.87 bits per heavy atom. The molecule has 0 aliphatic heterocycles. The first-order valence-electron chi connectivity index (χ1n) is 7.80. The van der Waals surface area contributed by atoms with Gasteiger partial charge in [0.1, 0.15) is 11.6 Å². The van der Waals surface area contributed by atoms with Gasteiger partial charge < -0.3 is 10.1 Å². The lowest BCUT2D eigenvalue weighted by atomic mass is 10.0. The average Bonchev–Trinajstić information content (AvgIpc) is 2.59. The van der Waals surface area contributed by atoms with E-state index in [1.54, 1.807) is 25.3 Å². The number of nitrogens with one attached hydrogen (secondary N) is 1. The molecule has 0 fully saturated rings. The first-order valence-corrected chi connectivity index (χ1v) is 7.80. The van der Waals surface area contributed by atoms with Crippen molar-refractivity contribution in [2.45, 2.75) is 32.2 Å². The molecule has 3 nitrogen and oxygen atoms in total. The molecule has 0 aromatic heterocycles. The van der Waals surface area contributed by atoms with Crippen LogP contribution in [0.25, 0.3) is 0 Å². The minimum absolute atomic E-state index is 0.0472. The first kappa shape index (κ1) is 17.0. The number of amides is 1. The molecule has 0 bridgehead atoms. The largest absolute Gasteiger partial charge is 0.497 e. The molecule has 1 unspecified atom stereocenters. The number of benzene rings is 2. The summed E-state index contributed by atoms with van der Waals surface area (Å²) in [5, 5.41) is 3.01. The van der Waals surface area contributed by atoms with Gasteiger partial charge in [-0.1, -0.05) is 37.3 Å². The lowest BCUT2D eigenvalue weighted by Crippen LogP contribution is -2.28. The van der Waals surface area contributed by atoms with Crippen LogP contribution in [-0.4, -0.2) is 13.0 Å². The Kier molecular flexibility index (Phi) is 6.15. The highest BCUT2D eigenvalue weighted by molar-refractivity contribution is 5.76. The molecule has 0 spiro atoms. The lowest BCUT2D eigenvalue weighted by molar-refractivity contribution is -0.121. The SMILES string of the molecule is CCC(NC(=O)CCc1ccccc1F)c1ccc(OC)cc1. The van der Waals surface area contributed by atoms with E-state index >= 15 is 0 Å². The lowest BCUT2D eigenvalue weighted by Gasteiger charge is -2.18. The van der Waals surface area contributed by atoms with Crippen molar-refractivity contribution in [3.63, 3.8) is 0 Å². The molecule has 4 heteroatoms. The maximum absolute atomic E-state index is 13.6. The van der Waals surface area contributed by atoms with Crippen molar-refractivity contribution in [3.8, 4) is 5.75 Å². The molecular formula is C19H22FNO2. The number of halogens is 1. The zero-order valence-electron chi connectivity index (χ0n) is 13.5. The number of ether oxygens (including phenoxy) is 1. The molecular weight excluding hydrogens is 293 g/mol. The summed E-state index contributed by atoms with van der Waals surface area (Å²) in [7, 11) is 1.62.